The van der Waals surface area contributed by atoms with Crippen LogP contribution in [0.2, 0.25) is 0 Å². The second-order valence-corrected chi connectivity index (χ2v) is 6.12. The summed E-state index contributed by atoms with van der Waals surface area (Å²) in [6.07, 6.45) is 1.44. The van der Waals surface area contributed by atoms with E-state index in [9.17, 15) is 4.79 Å². The third-order valence-electron chi connectivity index (χ3n) is 4.42. The highest BCUT2D eigenvalue weighted by Crippen LogP contribution is 2.27. The number of hydrogen-bond donors (Lipinski definition) is 1. The maximum absolute atomic E-state index is 11.3. The van der Waals surface area contributed by atoms with Gasteiger partial charge in [0.05, 0.1) is 13.5 Å². The van der Waals surface area contributed by atoms with E-state index in [-0.39, 0.29) is 12.0 Å². The fourth-order valence-electron chi connectivity index (χ4n) is 3.03. The van der Waals surface area contributed by atoms with Crippen LogP contribution in [-0.4, -0.2) is 43.7 Å². The number of ether oxygens (including phenoxy) is 1. The van der Waals surface area contributed by atoms with Gasteiger partial charge in [0.2, 0.25) is 0 Å². The summed E-state index contributed by atoms with van der Waals surface area (Å²) < 4.78 is 4.71. The van der Waals surface area contributed by atoms with Crippen LogP contribution in [-0.2, 0) is 9.53 Å². The summed E-state index contributed by atoms with van der Waals surface area (Å²) >= 11 is 0. The smallest absolute Gasteiger partial charge is 0.306 e. The number of benzene rings is 1. The highest BCUT2D eigenvalue weighted by molar-refractivity contribution is 5.69. The summed E-state index contributed by atoms with van der Waals surface area (Å²) in [6, 6.07) is 6.84. The Labute approximate surface area is 127 Å². The molecule has 0 spiro atoms. The molecule has 1 aliphatic rings. The Bertz CT molecular complexity index is 502. The number of rotatable bonds is 4. The molecule has 0 bridgehead atoms. The minimum absolute atomic E-state index is 0.156. The average Bonchev–Trinajstić information content (AvgIpc) is 2.47. The first-order valence-electron chi connectivity index (χ1n) is 7.61. The van der Waals surface area contributed by atoms with Crippen molar-refractivity contribution in [3.05, 3.63) is 34.9 Å². The van der Waals surface area contributed by atoms with Crippen LogP contribution in [0.15, 0.2) is 18.2 Å². The second kappa shape index (κ2) is 7.05. The van der Waals surface area contributed by atoms with E-state index < -0.39 is 0 Å². The summed E-state index contributed by atoms with van der Waals surface area (Å²) in [5, 5.41) is 0. The zero-order valence-corrected chi connectivity index (χ0v) is 13.3. The van der Waals surface area contributed by atoms with Gasteiger partial charge in [-0.15, -0.1) is 0 Å². The molecule has 0 radical (unpaired) electrons. The van der Waals surface area contributed by atoms with Crippen LogP contribution in [0.5, 0.6) is 0 Å². The predicted molar refractivity (Wildman–Crippen MR) is 84.3 cm³/mol. The number of esters is 1. The molecule has 4 heteroatoms. The molecule has 1 aliphatic heterocycles. The number of methoxy groups -OCH3 is 1. The van der Waals surface area contributed by atoms with Gasteiger partial charge in [0.15, 0.2) is 0 Å². The van der Waals surface area contributed by atoms with Gasteiger partial charge in [0.25, 0.3) is 0 Å². The number of carbonyl (C=O) groups excluding carboxylic acids is 1. The largest absolute Gasteiger partial charge is 0.469 e. The van der Waals surface area contributed by atoms with Gasteiger partial charge in [-0.05, 0) is 42.9 Å². The van der Waals surface area contributed by atoms with Gasteiger partial charge < -0.3 is 15.4 Å². The molecule has 1 aromatic carbocycles. The fourth-order valence-corrected chi connectivity index (χ4v) is 3.03. The molecule has 0 aliphatic carbocycles. The van der Waals surface area contributed by atoms with Crippen LogP contribution in [0.25, 0.3) is 0 Å². The minimum Gasteiger partial charge on any atom is -0.469 e. The van der Waals surface area contributed by atoms with Gasteiger partial charge in [0.1, 0.15) is 0 Å². The Morgan fingerprint density at radius 1 is 1.33 bits per heavy atom. The number of nitrogens with zero attached hydrogens (tertiary/aromatic N) is 1. The van der Waals surface area contributed by atoms with E-state index in [1.165, 1.54) is 23.8 Å². The van der Waals surface area contributed by atoms with Gasteiger partial charge in [-0.1, -0.05) is 18.2 Å². The van der Waals surface area contributed by atoms with Crippen molar-refractivity contribution in [3.8, 4) is 0 Å². The van der Waals surface area contributed by atoms with Gasteiger partial charge in [-0.2, -0.15) is 0 Å². The van der Waals surface area contributed by atoms with Crippen LogP contribution < -0.4 is 5.73 Å². The lowest BCUT2D eigenvalue weighted by Crippen LogP contribution is -2.46. The Morgan fingerprint density at radius 3 is 2.76 bits per heavy atom. The number of aryl methyl sites for hydroxylation is 2. The van der Waals surface area contributed by atoms with Crippen molar-refractivity contribution in [2.75, 3.05) is 26.7 Å². The van der Waals surface area contributed by atoms with Gasteiger partial charge in [0, 0.05) is 25.7 Å². The van der Waals surface area contributed by atoms with E-state index in [4.69, 9.17) is 10.5 Å². The minimum atomic E-state index is -0.156. The summed E-state index contributed by atoms with van der Waals surface area (Å²) in [5.74, 6) is 0.294. The molecule has 116 valence electrons. The first-order chi connectivity index (χ1) is 9.99. The van der Waals surface area contributed by atoms with Crippen molar-refractivity contribution in [1.82, 2.24) is 4.90 Å². The summed E-state index contributed by atoms with van der Waals surface area (Å²) in [4.78, 5) is 13.6. The predicted octanol–water partition coefficient (Wildman–Crippen LogP) is 1.98. The molecule has 2 atom stereocenters. The Hall–Kier alpha value is -1.39. The lowest BCUT2D eigenvalue weighted by atomic mass is 9.87. The standard InChI is InChI=1S/C17H26N2O2/c1-12-4-5-14(8-13(12)2)15-9-16(18)11-19(10-15)7-6-17(20)21-3/h4-5,8,15-16H,6-7,9-11,18H2,1-3H3. The number of hydrogen-bond acceptors (Lipinski definition) is 4. The topological polar surface area (TPSA) is 55.6 Å². The van der Waals surface area contributed by atoms with Crippen molar-refractivity contribution in [2.24, 2.45) is 5.73 Å². The lowest BCUT2D eigenvalue weighted by molar-refractivity contribution is -0.141. The third-order valence-corrected chi connectivity index (χ3v) is 4.42. The highest BCUT2D eigenvalue weighted by Gasteiger charge is 2.26. The second-order valence-electron chi connectivity index (χ2n) is 6.12. The van der Waals surface area contributed by atoms with Crippen molar-refractivity contribution in [2.45, 2.75) is 38.6 Å². The Balaban J connectivity index is 2.02. The molecule has 1 saturated heterocycles. The summed E-state index contributed by atoms with van der Waals surface area (Å²) in [6.45, 7) is 6.83. The average molecular weight is 290 g/mol. The molecule has 2 rings (SSSR count). The third kappa shape index (κ3) is 4.29. The molecule has 2 N–H and O–H groups in total. The molecular weight excluding hydrogens is 264 g/mol. The van der Waals surface area contributed by atoms with Crippen LogP contribution in [0.4, 0.5) is 0 Å². The van der Waals surface area contributed by atoms with Crippen LogP contribution in [0.3, 0.4) is 0 Å². The first-order valence-corrected chi connectivity index (χ1v) is 7.61. The van der Waals surface area contributed by atoms with E-state index in [2.05, 4.69) is 36.9 Å². The normalized spacial score (nSPS) is 23.0. The van der Waals surface area contributed by atoms with Gasteiger partial charge in [-0.3, -0.25) is 4.79 Å². The number of likely N-dealkylation sites (tertiary alicyclic amines) is 1. The molecular formula is C17H26N2O2. The monoisotopic (exact) mass is 290 g/mol. The quantitative estimate of drug-likeness (QED) is 0.862. The Kier molecular flexibility index (Phi) is 5.37. The molecule has 0 aromatic heterocycles. The van der Waals surface area contributed by atoms with Crippen LogP contribution in [0.1, 0.15) is 35.4 Å². The van der Waals surface area contributed by atoms with E-state index in [0.29, 0.717) is 12.3 Å². The van der Waals surface area contributed by atoms with E-state index in [1.54, 1.807) is 0 Å². The van der Waals surface area contributed by atoms with E-state index >= 15 is 0 Å². The molecule has 1 aromatic rings. The van der Waals surface area contributed by atoms with Crippen LogP contribution in [0, 0.1) is 13.8 Å². The number of piperidine rings is 1. The Morgan fingerprint density at radius 2 is 2.10 bits per heavy atom. The number of nitrogens with two attached hydrogens (primary N) is 1. The van der Waals surface area contributed by atoms with Crippen LogP contribution >= 0.6 is 0 Å². The van der Waals surface area contributed by atoms with Gasteiger partial charge in [-0.25, -0.2) is 0 Å². The van der Waals surface area contributed by atoms with Gasteiger partial charge >= 0.3 is 5.97 Å². The fraction of sp³-hybridized carbons (Fsp3) is 0.588. The molecule has 0 saturated carbocycles. The summed E-state index contributed by atoms with van der Waals surface area (Å²) in [7, 11) is 1.43. The van der Waals surface area contributed by atoms with E-state index in [1.807, 2.05) is 0 Å². The maximum atomic E-state index is 11.3. The summed E-state index contributed by atoms with van der Waals surface area (Å²) in [5.41, 5.74) is 10.2. The molecule has 21 heavy (non-hydrogen) atoms. The van der Waals surface area contributed by atoms with Crippen molar-refractivity contribution < 1.29 is 9.53 Å². The first kappa shape index (κ1) is 16.0. The molecule has 1 heterocycles. The molecule has 2 unspecified atom stereocenters. The SMILES string of the molecule is COC(=O)CCN1CC(N)CC(c2ccc(C)c(C)c2)C1. The molecule has 1 fully saturated rings. The number of carbonyl (C=O) groups is 1. The zero-order valence-electron chi connectivity index (χ0n) is 13.3. The lowest BCUT2D eigenvalue weighted by Gasteiger charge is -2.36. The maximum Gasteiger partial charge on any atom is 0.306 e. The van der Waals surface area contributed by atoms with Crippen molar-refractivity contribution in [3.63, 3.8) is 0 Å². The highest BCUT2D eigenvalue weighted by atomic mass is 16.5. The zero-order chi connectivity index (χ0) is 15.4. The van der Waals surface area contributed by atoms with Crippen molar-refractivity contribution in [1.29, 1.82) is 0 Å². The van der Waals surface area contributed by atoms with Crippen molar-refractivity contribution >= 4 is 5.97 Å². The molecule has 0 amide bonds. The molecule has 4 nitrogen and oxygen atoms in total. The van der Waals surface area contributed by atoms with E-state index in [0.717, 1.165) is 26.1 Å².